The van der Waals surface area contributed by atoms with E-state index in [1.165, 1.54) is 12.1 Å². The van der Waals surface area contributed by atoms with E-state index >= 15 is 0 Å². The minimum atomic E-state index is -4.43. The van der Waals surface area contributed by atoms with Crippen molar-refractivity contribution in [3.05, 3.63) is 29.8 Å². The maximum absolute atomic E-state index is 12.7. The monoisotopic (exact) mass is 366 g/mol. The van der Waals surface area contributed by atoms with Crippen LogP contribution in [0.4, 0.5) is 13.2 Å². The molecule has 1 fully saturated rings. The molecular formula is C16H22ClF3N2O2. The van der Waals surface area contributed by atoms with Gasteiger partial charge in [0.25, 0.3) is 5.91 Å². The number of carbonyl (C=O) groups is 1. The van der Waals surface area contributed by atoms with E-state index in [0.717, 1.165) is 31.4 Å². The van der Waals surface area contributed by atoms with Crippen molar-refractivity contribution < 1.29 is 22.7 Å². The largest absolute Gasteiger partial charge is 0.484 e. The number of benzene rings is 1. The number of rotatable bonds is 4. The highest BCUT2D eigenvalue weighted by molar-refractivity contribution is 5.85. The second kappa shape index (κ2) is 8.58. The minimum absolute atomic E-state index is 0. The van der Waals surface area contributed by atoms with Crippen molar-refractivity contribution >= 4 is 18.3 Å². The summed E-state index contributed by atoms with van der Waals surface area (Å²) in [5, 5.41) is 0. The van der Waals surface area contributed by atoms with Gasteiger partial charge < -0.3 is 15.4 Å². The Balaban J connectivity index is 0.00000288. The van der Waals surface area contributed by atoms with E-state index in [2.05, 4.69) is 0 Å². The summed E-state index contributed by atoms with van der Waals surface area (Å²) >= 11 is 0. The molecule has 0 bridgehead atoms. The molecule has 0 aromatic heterocycles. The fraction of sp³-hybridized carbons (Fsp3) is 0.562. The molecule has 1 saturated heterocycles. The van der Waals surface area contributed by atoms with Crippen LogP contribution in [0.25, 0.3) is 0 Å². The number of nitrogens with two attached hydrogens (primary N) is 1. The molecule has 2 unspecified atom stereocenters. The van der Waals surface area contributed by atoms with Crippen molar-refractivity contribution in [1.82, 2.24) is 4.90 Å². The Kier molecular flexibility index (Phi) is 7.35. The van der Waals surface area contributed by atoms with Gasteiger partial charge >= 0.3 is 6.18 Å². The average molecular weight is 367 g/mol. The number of likely N-dealkylation sites (tertiary alicyclic amines) is 1. The molecule has 24 heavy (non-hydrogen) atoms. The van der Waals surface area contributed by atoms with Gasteiger partial charge in [0, 0.05) is 18.6 Å². The third kappa shape index (κ3) is 5.27. The smallest absolute Gasteiger partial charge is 0.416 e. The standard InChI is InChI=1S/C16H21F3N2O2.ClH/c1-11(20)14-7-2-3-8-21(14)15(22)10-23-13-6-4-5-12(9-13)16(17,18)19;/h4-6,9,11,14H,2-3,7-8,10,20H2,1H3;1H. The zero-order valence-electron chi connectivity index (χ0n) is 13.4. The molecule has 2 atom stereocenters. The lowest BCUT2D eigenvalue weighted by Crippen LogP contribution is -2.52. The van der Waals surface area contributed by atoms with E-state index in [1.54, 1.807) is 4.90 Å². The van der Waals surface area contributed by atoms with Crippen LogP contribution in [0.5, 0.6) is 5.75 Å². The van der Waals surface area contributed by atoms with Crippen LogP contribution in [0.2, 0.25) is 0 Å². The number of ether oxygens (including phenoxy) is 1. The topological polar surface area (TPSA) is 55.6 Å². The summed E-state index contributed by atoms with van der Waals surface area (Å²) in [6.45, 7) is 2.17. The van der Waals surface area contributed by atoms with Crippen molar-refractivity contribution in [2.24, 2.45) is 5.73 Å². The number of hydrogen-bond donors (Lipinski definition) is 1. The first-order valence-electron chi connectivity index (χ1n) is 7.64. The molecule has 136 valence electrons. The molecular weight excluding hydrogens is 345 g/mol. The Hall–Kier alpha value is -1.47. The summed E-state index contributed by atoms with van der Waals surface area (Å²) in [5.74, 6) is -0.216. The van der Waals surface area contributed by atoms with E-state index in [4.69, 9.17) is 10.5 Å². The number of halogens is 4. The summed E-state index contributed by atoms with van der Waals surface area (Å²) in [4.78, 5) is 14.0. The van der Waals surface area contributed by atoms with Crippen LogP contribution >= 0.6 is 12.4 Å². The second-order valence-corrected chi connectivity index (χ2v) is 5.82. The quantitative estimate of drug-likeness (QED) is 0.890. The van der Waals surface area contributed by atoms with Gasteiger partial charge in [0.2, 0.25) is 0 Å². The summed E-state index contributed by atoms with van der Waals surface area (Å²) in [6, 6.07) is 4.34. The Bertz CT molecular complexity index is 552. The Labute approximate surface area is 145 Å². The highest BCUT2D eigenvalue weighted by Crippen LogP contribution is 2.31. The predicted octanol–water partition coefficient (Wildman–Crippen LogP) is 3.23. The van der Waals surface area contributed by atoms with E-state index in [0.29, 0.717) is 6.54 Å². The van der Waals surface area contributed by atoms with Crippen LogP contribution in [0.1, 0.15) is 31.7 Å². The third-order valence-corrected chi connectivity index (χ3v) is 4.00. The number of piperidine rings is 1. The first-order valence-corrected chi connectivity index (χ1v) is 7.64. The van der Waals surface area contributed by atoms with Gasteiger partial charge in [-0.15, -0.1) is 12.4 Å². The number of hydrogen-bond acceptors (Lipinski definition) is 3. The van der Waals surface area contributed by atoms with Gasteiger partial charge in [-0.05, 0) is 44.4 Å². The summed E-state index contributed by atoms with van der Waals surface area (Å²) < 4.78 is 43.2. The van der Waals surface area contributed by atoms with Crippen molar-refractivity contribution in [2.45, 2.75) is 44.4 Å². The Morgan fingerprint density at radius 1 is 1.42 bits per heavy atom. The molecule has 0 aliphatic carbocycles. The zero-order chi connectivity index (χ0) is 17.0. The van der Waals surface area contributed by atoms with Crippen LogP contribution in [0.3, 0.4) is 0 Å². The van der Waals surface area contributed by atoms with Gasteiger partial charge in [-0.1, -0.05) is 6.07 Å². The maximum atomic E-state index is 12.7. The van der Waals surface area contributed by atoms with E-state index in [1.807, 2.05) is 6.92 Å². The van der Waals surface area contributed by atoms with Crippen molar-refractivity contribution in [1.29, 1.82) is 0 Å². The number of alkyl halides is 3. The highest BCUT2D eigenvalue weighted by atomic mass is 35.5. The normalized spacial score (nSPS) is 19.4. The molecule has 1 aliphatic heterocycles. The summed E-state index contributed by atoms with van der Waals surface area (Å²) in [6.07, 6.45) is -1.67. The molecule has 1 aromatic carbocycles. The maximum Gasteiger partial charge on any atom is 0.416 e. The lowest BCUT2D eigenvalue weighted by molar-refractivity contribution is -0.137. The lowest BCUT2D eigenvalue weighted by atomic mass is 9.97. The molecule has 0 spiro atoms. The molecule has 0 saturated carbocycles. The first kappa shape index (κ1) is 20.6. The van der Waals surface area contributed by atoms with Gasteiger partial charge in [-0.2, -0.15) is 13.2 Å². The van der Waals surface area contributed by atoms with Crippen molar-refractivity contribution in [3.8, 4) is 5.75 Å². The van der Waals surface area contributed by atoms with Crippen LogP contribution in [-0.2, 0) is 11.0 Å². The second-order valence-electron chi connectivity index (χ2n) is 5.82. The van der Waals surface area contributed by atoms with Gasteiger partial charge in [-0.3, -0.25) is 4.79 Å². The van der Waals surface area contributed by atoms with Crippen LogP contribution in [0.15, 0.2) is 24.3 Å². The predicted molar refractivity (Wildman–Crippen MR) is 87.2 cm³/mol. The SMILES string of the molecule is CC(N)C1CCCCN1C(=O)COc1cccc(C(F)(F)F)c1.Cl. The zero-order valence-corrected chi connectivity index (χ0v) is 14.2. The average Bonchev–Trinajstić information content (AvgIpc) is 2.52. The summed E-state index contributed by atoms with van der Waals surface area (Å²) in [5.41, 5.74) is 5.11. The highest BCUT2D eigenvalue weighted by Gasteiger charge is 2.31. The van der Waals surface area contributed by atoms with E-state index < -0.39 is 11.7 Å². The fourth-order valence-corrected chi connectivity index (χ4v) is 2.80. The van der Waals surface area contributed by atoms with Crippen LogP contribution < -0.4 is 10.5 Å². The molecule has 8 heteroatoms. The Morgan fingerprint density at radius 3 is 2.75 bits per heavy atom. The molecule has 1 amide bonds. The molecule has 1 heterocycles. The fourth-order valence-electron chi connectivity index (χ4n) is 2.80. The van der Waals surface area contributed by atoms with Crippen LogP contribution in [0, 0.1) is 0 Å². The van der Waals surface area contributed by atoms with Gasteiger partial charge in [0.15, 0.2) is 6.61 Å². The number of nitrogens with zero attached hydrogens (tertiary/aromatic N) is 1. The molecule has 4 nitrogen and oxygen atoms in total. The first-order chi connectivity index (χ1) is 10.8. The van der Waals surface area contributed by atoms with Gasteiger partial charge in [-0.25, -0.2) is 0 Å². The molecule has 1 aromatic rings. The molecule has 0 radical (unpaired) electrons. The summed E-state index contributed by atoms with van der Waals surface area (Å²) in [7, 11) is 0. The molecule has 2 N–H and O–H groups in total. The Morgan fingerprint density at radius 2 is 2.12 bits per heavy atom. The third-order valence-electron chi connectivity index (χ3n) is 4.00. The van der Waals surface area contributed by atoms with Gasteiger partial charge in [0.1, 0.15) is 5.75 Å². The number of amides is 1. The van der Waals surface area contributed by atoms with Crippen molar-refractivity contribution in [3.63, 3.8) is 0 Å². The van der Waals surface area contributed by atoms with Crippen molar-refractivity contribution in [2.75, 3.05) is 13.2 Å². The van der Waals surface area contributed by atoms with E-state index in [-0.39, 0.29) is 42.8 Å². The molecule has 1 aliphatic rings. The number of carbonyl (C=O) groups excluding carboxylic acids is 1. The molecule has 2 rings (SSSR count). The lowest BCUT2D eigenvalue weighted by Gasteiger charge is -2.38. The minimum Gasteiger partial charge on any atom is -0.484 e. The van der Waals surface area contributed by atoms with Gasteiger partial charge in [0.05, 0.1) is 5.56 Å². The van der Waals surface area contributed by atoms with Crippen LogP contribution in [-0.4, -0.2) is 36.0 Å². The van der Waals surface area contributed by atoms with E-state index in [9.17, 15) is 18.0 Å².